The predicted molar refractivity (Wildman–Crippen MR) is 88.8 cm³/mol. The van der Waals surface area contributed by atoms with Crippen molar-refractivity contribution in [2.75, 3.05) is 0 Å². The zero-order chi connectivity index (χ0) is 15.6. The van der Waals surface area contributed by atoms with Gasteiger partial charge in [-0.25, -0.2) is 9.67 Å². The fourth-order valence-electron chi connectivity index (χ4n) is 3.02. The van der Waals surface area contributed by atoms with E-state index in [4.69, 9.17) is 0 Å². The van der Waals surface area contributed by atoms with Gasteiger partial charge in [0.05, 0.1) is 22.8 Å². The lowest BCUT2D eigenvalue weighted by Crippen LogP contribution is -2.30. The summed E-state index contributed by atoms with van der Waals surface area (Å²) >= 11 is 1.46. The average molecular weight is 324 g/mol. The van der Waals surface area contributed by atoms with Crippen molar-refractivity contribution >= 4 is 17.2 Å². The highest BCUT2D eigenvalue weighted by Gasteiger charge is 2.26. The third kappa shape index (κ3) is 2.66. The molecule has 0 aliphatic heterocycles. The topological polar surface area (TPSA) is 59.8 Å². The first-order valence-electron chi connectivity index (χ1n) is 7.65. The molecule has 0 fully saturated rings. The summed E-state index contributed by atoms with van der Waals surface area (Å²) in [4.78, 5) is 17.4. The first-order valence-corrected chi connectivity index (χ1v) is 8.53. The molecular formula is C17H16N4OS. The molecule has 1 atom stereocenters. The van der Waals surface area contributed by atoms with E-state index in [0.717, 1.165) is 41.2 Å². The predicted octanol–water partition coefficient (Wildman–Crippen LogP) is 3.14. The molecule has 0 saturated heterocycles. The van der Waals surface area contributed by atoms with E-state index in [-0.39, 0.29) is 11.9 Å². The highest BCUT2D eigenvalue weighted by Crippen LogP contribution is 2.31. The quantitative estimate of drug-likeness (QED) is 0.805. The monoisotopic (exact) mass is 324 g/mol. The maximum atomic E-state index is 12.3. The third-order valence-corrected chi connectivity index (χ3v) is 4.97. The molecule has 0 radical (unpaired) electrons. The molecule has 23 heavy (non-hydrogen) atoms. The number of nitrogens with zero attached hydrogens (tertiary/aromatic N) is 3. The molecule has 1 aliphatic carbocycles. The van der Waals surface area contributed by atoms with Gasteiger partial charge in [-0.15, -0.1) is 11.3 Å². The van der Waals surface area contributed by atoms with Gasteiger partial charge >= 0.3 is 0 Å². The van der Waals surface area contributed by atoms with Gasteiger partial charge in [0.1, 0.15) is 0 Å². The lowest BCUT2D eigenvalue weighted by molar-refractivity contribution is 0.0937. The number of nitrogens with one attached hydrogen (secondary N) is 1. The van der Waals surface area contributed by atoms with E-state index < -0.39 is 0 Å². The number of amides is 1. The van der Waals surface area contributed by atoms with Crippen LogP contribution in [-0.2, 0) is 6.42 Å². The summed E-state index contributed by atoms with van der Waals surface area (Å²) in [7, 11) is 0. The number of carbonyl (C=O) groups is 1. The largest absolute Gasteiger partial charge is 0.344 e. The summed E-state index contributed by atoms with van der Waals surface area (Å²) in [6, 6.07) is 9.55. The van der Waals surface area contributed by atoms with Gasteiger partial charge in [-0.05, 0) is 42.8 Å². The number of hydrogen-bond acceptors (Lipinski definition) is 4. The molecule has 6 heteroatoms. The smallest absolute Gasteiger partial charge is 0.261 e. The van der Waals surface area contributed by atoms with Crippen molar-refractivity contribution in [1.29, 1.82) is 0 Å². The Labute approximate surface area is 138 Å². The van der Waals surface area contributed by atoms with E-state index in [1.165, 1.54) is 11.3 Å². The fraction of sp³-hybridized carbons (Fsp3) is 0.235. The highest BCUT2D eigenvalue weighted by molar-refractivity contribution is 7.12. The number of hydrogen-bond donors (Lipinski definition) is 1. The summed E-state index contributed by atoms with van der Waals surface area (Å²) < 4.78 is 1.89. The second-order valence-electron chi connectivity index (χ2n) is 5.54. The van der Waals surface area contributed by atoms with Crippen molar-refractivity contribution in [3.63, 3.8) is 0 Å². The molecule has 3 aromatic rings. The number of rotatable bonds is 3. The van der Waals surface area contributed by atoms with Crippen molar-refractivity contribution in [3.8, 4) is 5.82 Å². The van der Waals surface area contributed by atoms with Crippen LogP contribution in [0.15, 0.2) is 48.1 Å². The SMILES string of the molecule is O=C(N[C@H]1CCCc2c1cnn2-c1ccccn1)c1cccs1. The molecule has 1 aliphatic rings. The van der Waals surface area contributed by atoms with Gasteiger partial charge in [0.15, 0.2) is 5.82 Å². The first kappa shape index (κ1) is 14.1. The van der Waals surface area contributed by atoms with Crippen molar-refractivity contribution < 1.29 is 4.79 Å². The van der Waals surface area contributed by atoms with E-state index in [1.807, 2.05) is 46.6 Å². The Morgan fingerprint density at radius 3 is 3.04 bits per heavy atom. The van der Waals surface area contributed by atoms with Crippen molar-refractivity contribution in [1.82, 2.24) is 20.1 Å². The molecule has 0 spiro atoms. The van der Waals surface area contributed by atoms with Gasteiger partial charge in [0, 0.05) is 11.8 Å². The Bertz CT molecular complexity index is 811. The summed E-state index contributed by atoms with van der Waals surface area (Å²) in [5, 5.41) is 9.55. The first-order chi connectivity index (χ1) is 11.3. The Hall–Kier alpha value is -2.47. The molecule has 116 valence electrons. The normalized spacial score (nSPS) is 16.8. The molecule has 4 rings (SSSR count). The van der Waals surface area contributed by atoms with Gasteiger partial charge in [0.25, 0.3) is 5.91 Å². The van der Waals surface area contributed by atoms with Crippen molar-refractivity contribution in [2.45, 2.75) is 25.3 Å². The molecule has 0 unspecified atom stereocenters. The Morgan fingerprint density at radius 1 is 1.30 bits per heavy atom. The van der Waals surface area contributed by atoms with Crippen LogP contribution < -0.4 is 5.32 Å². The van der Waals surface area contributed by atoms with Gasteiger partial charge in [-0.3, -0.25) is 4.79 Å². The van der Waals surface area contributed by atoms with Crippen LogP contribution >= 0.6 is 11.3 Å². The Kier molecular flexibility index (Phi) is 3.67. The number of carbonyl (C=O) groups excluding carboxylic acids is 1. The summed E-state index contributed by atoms with van der Waals surface area (Å²) in [5.74, 6) is 0.808. The molecule has 1 N–H and O–H groups in total. The van der Waals surface area contributed by atoms with Gasteiger partial charge in [0.2, 0.25) is 0 Å². The average Bonchev–Trinajstić information content (AvgIpc) is 3.26. The minimum absolute atomic E-state index is 0.0107. The van der Waals surface area contributed by atoms with E-state index in [2.05, 4.69) is 15.4 Å². The van der Waals surface area contributed by atoms with Crippen LogP contribution in [0.25, 0.3) is 5.82 Å². The summed E-state index contributed by atoms with van der Waals surface area (Å²) in [5.41, 5.74) is 2.25. The van der Waals surface area contributed by atoms with E-state index in [0.29, 0.717) is 0 Å². The zero-order valence-corrected chi connectivity index (χ0v) is 13.3. The van der Waals surface area contributed by atoms with Crippen molar-refractivity contribution in [3.05, 3.63) is 64.2 Å². The molecule has 0 saturated carbocycles. The molecule has 5 nitrogen and oxygen atoms in total. The van der Waals surface area contributed by atoms with E-state index in [1.54, 1.807) is 6.20 Å². The van der Waals surface area contributed by atoms with Crippen LogP contribution in [0.5, 0.6) is 0 Å². The minimum Gasteiger partial charge on any atom is -0.344 e. The Balaban J connectivity index is 1.62. The molecule has 3 aromatic heterocycles. The van der Waals surface area contributed by atoms with Crippen LogP contribution in [-0.4, -0.2) is 20.7 Å². The highest BCUT2D eigenvalue weighted by atomic mass is 32.1. The molecule has 0 aromatic carbocycles. The Morgan fingerprint density at radius 2 is 2.26 bits per heavy atom. The second kappa shape index (κ2) is 5.96. The number of thiophene rings is 1. The second-order valence-corrected chi connectivity index (χ2v) is 6.49. The maximum absolute atomic E-state index is 12.3. The molecular weight excluding hydrogens is 308 g/mol. The van der Waals surface area contributed by atoms with Gasteiger partial charge in [-0.1, -0.05) is 12.1 Å². The van der Waals surface area contributed by atoms with Crippen LogP contribution in [0, 0.1) is 0 Å². The maximum Gasteiger partial charge on any atom is 0.261 e. The molecule has 3 heterocycles. The van der Waals surface area contributed by atoms with E-state index in [9.17, 15) is 4.79 Å². The zero-order valence-electron chi connectivity index (χ0n) is 12.5. The lowest BCUT2D eigenvalue weighted by atomic mass is 9.93. The van der Waals surface area contributed by atoms with Crippen LogP contribution in [0.1, 0.15) is 39.8 Å². The lowest BCUT2D eigenvalue weighted by Gasteiger charge is -2.23. The summed E-state index contributed by atoms with van der Waals surface area (Å²) in [6.45, 7) is 0. The van der Waals surface area contributed by atoms with Crippen molar-refractivity contribution in [2.24, 2.45) is 0 Å². The van der Waals surface area contributed by atoms with Gasteiger partial charge in [-0.2, -0.15) is 5.10 Å². The molecule has 0 bridgehead atoms. The van der Waals surface area contributed by atoms with E-state index >= 15 is 0 Å². The third-order valence-electron chi connectivity index (χ3n) is 4.10. The van der Waals surface area contributed by atoms with Crippen LogP contribution in [0.3, 0.4) is 0 Å². The van der Waals surface area contributed by atoms with Gasteiger partial charge < -0.3 is 5.32 Å². The number of pyridine rings is 1. The standard InChI is InChI=1S/C17H16N4OS/c22-17(15-7-4-10-23-15)20-13-5-3-6-14-12(13)11-19-21(14)16-8-1-2-9-18-16/h1-2,4,7-11,13H,3,5-6H2,(H,20,22)/t13-/m0/s1. The van der Waals surface area contributed by atoms with Crippen LogP contribution in [0.4, 0.5) is 0 Å². The number of fused-ring (bicyclic) bond motifs is 1. The van der Waals surface area contributed by atoms with Crippen LogP contribution in [0.2, 0.25) is 0 Å². The minimum atomic E-state index is -0.0107. The summed E-state index contributed by atoms with van der Waals surface area (Å²) in [6.07, 6.45) is 6.56. The fourth-order valence-corrected chi connectivity index (χ4v) is 3.65. The molecule has 1 amide bonds. The number of aromatic nitrogens is 3.